The van der Waals surface area contributed by atoms with Crippen molar-refractivity contribution in [1.82, 2.24) is 0 Å². The van der Waals surface area contributed by atoms with E-state index in [-0.39, 0.29) is 0 Å². The Bertz CT molecular complexity index is 181. The number of hydrogen-bond acceptors (Lipinski definition) is 6. The van der Waals surface area contributed by atoms with E-state index in [4.69, 9.17) is 14.2 Å². The molecule has 0 saturated heterocycles. The fourth-order valence-corrected chi connectivity index (χ4v) is 1.98. The molecule has 0 radical (unpaired) electrons. The highest BCUT2D eigenvalue weighted by atomic mass is 16.6. The van der Waals surface area contributed by atoms with E-state index in [9.17, 15) is 15.3 Å². The average molecular weight is 222 g/mol. The Morgan fingerprint density at radius 2 is 0.933 bits per heavy atom. The van der Waals surface area contributed by atoms with Crippen molar-refractivity contribution in [2.75, 3.05) is 21.3 Å². The summed E-state index contributed by atoms with van der Waals surface area (Å²) in [6.07, 6.45) is -5.75. The summed E-state index contributed by atoms with van der Waals surface area (Å²) in [5, 5.41) is 28.9. The normalized spacial score (nSPS) is 46.8. The molecule has 1 aliphatic carbocycles. The molecule has 0 aromatic rings. The number of methoxy groups -OCH3 is 3. The van der Waals surface area contributed by atoms with Crippen LogP contribution in [0.1, 0.15) is 0 Å². The highest BCUT2D eigenvalue weighted by Gasteiger charge is 2.50. The predicted molar refractivity (Wildman–Crippen MR) is 50.4 cm³/mol. The summed E-state index contributed by atoms with van der Waals surface area (Å²) in [7, 11) is 4.23. The highest BCUT2D eigenvalue weighted by Crippen LogP contribution is 2.26. The first-order valence-corrected chi connectivity index (χ1v) is 4.71. The van der Waals surface area contributed by atoms with E-state index in [1.54, 1.807) is 0 Å². The van der Waals surface area contributed by atoms with Crippen molar-refractivity contribution in [2.45, 2.75) is 36.6 Å². The molecule has 2 unspecified atom stereocenters. The van der Waals surface area contributed by atoms with Gasteiger partial charge < -0.3 is 29.5 Å². The van der Waals surface area contributed by atoms with Crippen LogP contribution in [0.2, 0.25) is 0 Å². The maximum Gasteiger partial charge on any atom is 0.115 e. The number of aliphatic hydroxyl groups excluding tert-OH is 3. The van der Waals surface area contributed by atoms with Crippen LogP contribution in [0.3, 0.4) is 0 Å². The third-order valence-electron chi connectivity index (χ3n) is 2.84. The third-order valence-corrected chi connectivity index (χ3v) is 2.84. The molecule has 3 N–H and O–H groups in total. The van der Waals surface area contributed by atoms with E-state index in [0.717, 1.165) is 0 Å². The van der Waals surface area contributed by atoms with Crippen molar-refractivity contribution in [3.05, 3.63) is 0 Å². The number of aliphatic hydroxyl groups is 3. The monoisotopic (exact) mass is 222 g/mol. The lowest BCUT2D eigenvalue weighted by Gasteiger charge is -2.43. The van der Waals surface area contributed by atoms with Crippen LogP contribution in [0.4, 0.5) is 0 Å². The smallest absolute Gasteiger partial charge is 0.115 e. The van der Waals surface area contributed by atoms with Crippen LogP contribution < -0.4 is 0 Å². The molecule has 0 heterocycles. The topological polar surface area (TPSA) is 88.4 Å². The molecule has 6 nitrogen and oxygen atoms in total. The first-order chi connectivity index (χ1) is 7.08. The van der Waals surface area contributed by atoms with E-state index in [1.807, 2.05) is 0 Å². The van der Waals surface area contributed by atoms with Crippen LogP contribution >= 0.6 is 0 Å². The van der Waals surface area contributed by atoms with Gasteiger partial charge in [0.15, 0.2) is 0 Å². The summed E-state index contributed by atoms with van der Waals surface area (Å²) in [4.78, 5) is 0. The molecule has 6 atom stereocenters. The molecule has 0 aromatic carbocycles. The molecule has 0 amide bonds. The van der Waals surface area contributed by atoms with E-state index in [1.165, 1.54) is 21.3 Å². The van der Waals surface area contributed by atoms with Gasteiger partial charge in [0.25, 0.3) is 0 Å². The summed E-state index contributed by atoms with van der Waals surface area (Å²) >= 11 is 0. The summed E-state index contributed by atoms with van der Waals surface area (Å²) in [5.74, 6) is 0. The largest absolute Gasteiger partial charge is 0.387 e. The lowest BCUT2D eigenvalue weighted by molar-refractivity contribution is -0.241. The zero-order valence-corrected chi connectivity index (χ0v) is 9.03. The van der Waals surface area contributed by atoms with Crippen LogP contribution in [0, 0.1) is 0 Å². The maximum absolute atomic E-state index is 9.65. The predicted octanol–water partition coefficient (Wildman–Crippen LogP) is -1.87. The Kier molecular flexibility index (Phi) is 4.45. The first kappa shape index (κ1) is 12.8. The summed E-state index contributed by atoms with van der Waals surface area (Å²) < 4.78 is 15.2. The Balaban J connectivity index is 2.89. The van der Waals surface area contributed by atoms with Crippen LogP contribution in [0.25, 0.3) is 0 Å². The molecule has 0 bridgehead atoms. The molecule has 0 aromatic heterocycles. The molecule has 1 rings (SSSR count). The van der Waals surface area contributed by atoms with Gasteiger partial charge in [0.05, 0.1) is 0 Å². The molecule has 0 aliphatic heterocycles. The van der Waals surface area contributed by atoms with Gasteiger partial charge in [0, 0.05) is 21.3 Å². The lowest BCUT2D eigenvalue weighted by atomic mass is 9.84. The van der Waals surface area contributed by atoms with Crippen LogP contribution in [0.5, 0.6) is 0 Å². The average Bonchev–Trinajstić information content (AvgIpc) is 2.25. The zero-order valence-electron chi connectivity index (χ0n) is 9.03. The van der Waals surface area contributed by atoms with Crippen LogP contribution in [-0.4, -0.2) is 73.3 Å². The minimum atomic E-state index is -1.30. The number of rotatable bonds is 3. The molecule has 15 heavy (non-hydrogen) atoms. The SMILES string of the molecule is COC1[C@@H](OC)[C@H](O)C(O)[C@@H](O)[C@H]1OC. The maximum atomic E-state index is 9.65. The van der Waals surface area contributed by atoms with E-state index in [0.29, 0.717) is 0 Å². The molecule has 90 valence electrons. The molecule has 1 saturated carbocycles. The van der Waals surface area contributed by atoms with Crippen molar-refractivity contribution < 1.29 is 29.5 Å². The van der Waals surface area contributed by atoms with Crippen molar-refractivity contribution in [1.29, 1.82) is 0 Å². The van der Waals surface area contributed by atoms with Gasteiger partial charge >= 0.3 is 0 Å². The van der Waals surface area contributed by atoms with E-state index in [2.05, 4.69) is 0 Å². The second-order valence-electron chi connectivity index (χ2n) is 3.57. The minimum Gasteiger partial charge on any atom is -0.387 e. The molecule has 6 heteroatoms. The van der Waals surface area contributed by atoms with Gasteiger partial charge in [-0.3, -0.25) is 0 Å². The highest BCUT2D eigenvalue weighted by molar-refractivity contribution is 5.00. The van der Waals surface area contributed by atoms with Gasteiger partial charge in [0.2, 0.25) is 0 Å². The van der Waals surface area contributed by atoms with Gasteiger partial charge in [-0.05, 0) is 0 Å². The molecule has 1 fully saturated rings. The van der Waals surface area contributed by atoms with E-state index < -0.39 is 36.6 Å². The Morgan fingerprint density at radius 3 is 1.20 bits per heavy atom. The number of ether oxygens (including phenoxy) is 3. The van der Waals surface area contributed by atoms with Crippen LogP contribution in [-0.2, 0) is 14.2 Å². The molecular weight excluding hydrogens is 204 g/mol. The van der Waals surface area contributed by atoms with Gasteiger partial charge in [0.1, 0.15) is 36.6 Å². The third kappa shape index (κ3) is 2.15. The van der Waals surface area contributed by atoms with Crippen molar-refractivity contribution in [3.63, 3.8) is 0 Å². The second-order valence-corrected chi connectivity index (χ2v) is 3.57. The molecule has 0 spiro atoms. The Hall–Kier alpha value is -0.240. The fraction of sp³-hybridized carbons (Fsp3) is 1.00. The Morgan fingerprint density at radius 1 is 0.600 bits per heavy atom. The van der Waals surface area contributed by atoms with Crippen molar-refractivity contribution in [3.8, 4) is 0 Å². The van der Waals surface area contributed by atoms with Crippen molar-refractivity contribution >= 4 is 0 Å². The fourth-order valence-electron chi connectivity index (χ4n) is 1.98. The van der Waals surface area contributed by atoms with Gasteiger partial charge in [-0.25, -0.2) is 0 Å². The second kappa shape index (κ2) is 5.20. The number of hydrogen-bond donors (Lipinski definition) is 3. The Labute approximate surface area is 88.4 Å². The van der Waals surface area contributed by atoms with E-state index >= 15 is 0 Å². The summed E-state index contributed by atoms with van der Waals surface area (Å²) in [6, 6.07) is 0. The molecular formula is C9H18O6. The summed E-state index contributed by atoms with van der Waals surface area (Å²) in [5.41, 5.74) is 0. The zero-order chi connectivity index (χ0) is 11.6. The first-order valence-electron chi connectivity index (χ1n) is 4.71. The minimum absolute atomic E-state index is 0.617. The van der Waals surface area contributed by atoms with Crippen LogP contribution in [0.15, 0.2) is 0 Å². The van der Waals surface area contributed by atoms with Gasteiger partial charge in [-0.15, -0.1) is 0 Å². The summed E-state index contributed by atoms with van der Waals surface area (Å²) in [6.45, 7) is 0. The van der Waals surface area contributed by atoms with Crippen molar-refractivity contribution in [2.24, 2.45) is 0 Å². The standard InChI is InChI=1S/C9H18O6/c1-13-7-5(11)4(10)6(12)8(14-2)9(7)15-3/h4-12H,1-3H3/t4?,5-,6-,7-,8+,9?/m1/s1. The van der Waals surface area contributed by atoms with Gasteiger partial charge in [-0.1, -0.05) is 0 Å². The molecule has 1 aliphatic rings. The lowest BCUT2D eigenvalue weighted by Crippen LogP contribution is -2.65. The quantitative estimate of drug-likeness (QED) is 0.518. The van der Waals surface area contributed by atoms with Gasteiger partial charge in [-0.2, -0.15) is 0 Å².